The van der Waals surface area contributed by atoms with Gasteiger partial charge in [0.25, 0.3) is 0 Å². The summed E-state index contributed by atoms with van der Waals surface area (Å²) in [7, 11) is 0. The number of hydrogen-bond acceptors (Lipinski definition) is 2. The Morgan fingerprint density at radius 3 is 2.53 bits per heavy atom. The van der Waals surface area contributed by atoms with Crippen molar-refractivity contribution in [1.29, 1.82) is 0 Å². The van der Waals surface area contributed by atoms with Gasteiger partial charge in [0.15, 0.2) is 0 Å². The maximum absolute atomic E-state index is 12.7. The standard InChI is InChI=1S/C14H20F3NO/c1-3-5-13(18-9-10(2)19)11-6-4-7-12(8-11)14(15,16)17/h4,6-8,10,13,18-19H,3,5,9H2,1-2H3. The smallest absolute Gasteiger partial charge is 0.392 e. The second-order valence-electron chi connectivity index (χ2n) is 4.72. The van der Waals surface area contributed by atoms with Crippen molar-refractivity contribution in [3.05, 3.63) is 35.4 Å². The monoisotopic (exact) mass is 275 g/mol. The van der Waals surface area contributed by atoms with Crippen molar-refractivity contribution in [2.45, 2.75) is 45.0 Å². The Balaban J connectivity index is 2.89. The lowest BCUT2D eigenvalue weighted by molar-refractivity contribution is -0.137. The summed E-state index contributed by atoms with van der Waals surface area (Å²) in [4.78, 5) is 0. The minimum Gasteiger partial charge on any atom is -0.392 e. The Labute approximate surface area is 111 Å². The zero-order chi connectivity index (χ0) is 14.5. The molecular weight excluding hydrogens is 255 g/mol. The van der Waals surface area contributed by atoms with Crippen LogP contribution in [0.2, 0.25) is 0 Å². The summed E-state index contributed by atoms with van der Waals surface area (Å²) in [5.41, 5.74) is -0.0257. The summed E-state index contributed by atoms with van der Waals surface area (Å²) in [5, 5.41) is 12.4. The van der Waals surface area contributed by atoms with E-state index in [1.165, 1.54) is 12.1 Å². The van der Waals surface area contributed by atoms with Crippen molar-refractivity contribution in [2.24, 2.45) is 0 Å². The molecule has 1 aromatic rings. The minimum absolute atomic E-state index is 0.165. The maximum Gasteiger partial charge on any atom is 0.416 e. The van der Waals surface area contributed by atoms with Gasteiger partial charge >= 0.3 is 6.18 Å². The molecule has 0 bridgehead atoms. The Morgan fingerprint density at radius 1 is 1.32 bits per heavy atom. The molecule has 1 aromatic carbocycles. The van der Waals surface area contributed by atoms with Gasteiger partial charge in [-0.3, -0.25) is 0 Å². The van der Waals surface area contributed by atoms with E-state index in [9.17, 15) is 18.3 Å². The van der Waals surface area contributed by atoms with Crippen LogP contribution in [0.4, 0.5) is 13.2 Å². The molecule has 0 heterocycles. The predicted molar refractivity (Wildman–Crippen MR) is 68.8 cm³/mol. The van der Waals surface area contributed by atoms with Gasteiger partial charge in [0.1, 0.15) is 0 Å². The number of hydrogen-bond donors (Lipinski definition) is 2. The summed E-state index contributed by atoms with van der Waals surface area (Å²) < 4.78 is 38.0. The summed E-state index contributed by atoms with van der Waals surface area (Å²) >= 11 is 0. The SMILES string of the molecule is CCCC(NCC(C)O)c1cccc(C(F)(F)F)c1. The number of aliphatic hydroxyl groups excluding tert-OH is 1. The molecule has 2 atom stereocenters. The van der Waals surface area contributed by atoms with E-state index in [1.54, 1.807) is 13.0 Å². The fourth-order valence-electron chi connectivity index (χ4n) is 1.92. The van der Waals surface area contributed by atoms with Crippen LogP contribution in [0.3, 0.4) is 0 Å². The van der Waals surface area contributed by atoms with Crippen LogP contribution in [0.5, 0.6) is 0 Å². The van der Waals surface area contributed by atoms with Crippen LogP contribution in [0.1, 0.15) is 43.9 Å². The van der Waals surface area contributed by atoms with E-state index in [-0.39, 0.29) is 6.04 Å². The van der Waals surface area contributed by atoms with Crippen LogP contribution in [0, 0.1) is 0 Å². The Bertz CT molecular complexity index is 391. The summed E-state index contributed by atoms with van der Waals surface area (Å²) in [5.74, 6) is 0. The third kappa shape index (κ3) is 5.20. The molecule has 2 nitrogen and oxygen atoms in total. The van der Waals surface area contributed by atoms with Crippen LogP contribution in [0.25, 0.3) is 0 Å². The molecule has 19 heavy (non-hydrogen) atoms. The largest absolute Gasteiger partial charge is 0.416 e. The molecular formula is C14H20F3NO. The lowest BCUT2D eigenvalue weighted by atomic mass is 9.99. The average Bonchev–Trinajstić information content (AvgIpc) is 2.33. The van der Waals surface area contributed by atoms with E-state index < -0.39 is 17.8 Å². The highest BCUT2D eigenvalue weighted by Gasteiger charge is 2.30. The first-order valence-corrected chi connectivity index (χ1v) is 6.43. The number of alkyl halides is 3. The summed E-state index contributed by atoms with van der Waals surface area (Å²) in [6.07, 6.45) is -3.26. The van der Waals surface area contributed by atoms with Crippen LogP contribution in [0.15, 0.2) is 24.3 Å². The van der Waals surface area contributed by atoms with E-state index in [4.69, 9.17) is 0 Å². The molecule has 5 heteroatoms. The molecule has 0 aliphatic carbocycles. The van der Waals surface area contributed by atoms with Crippen molar-refractivity contribution in [3.8, 4) is 0 Å². The summed E-state index contributed by atoms with van der Waals surface area (Å²) in [6, 6.07) is 5.19. The third-order valence-corrected chi connectivity index (χ3v) is 2.85. The van der Waals surface area contributed by atoms with Crippen molar-refractivity contribution in [1.82, 2.24) is 5.32 Å². The van der Waals surface area contributed by atoms with Gasteiger partial charge in [-0.25, -0.2) is 0 Å². The van der Waals surface area contributed by atoms with E-state index in [0.717, 1.165) is 18.9 Å². The number of rotatable bonds is 6. The van der Waals surface area contributed by atoms with Gasteiger partial charge in [0, 0.05) is 12.6 Å². The van der Waals surface area contributed by atoms with Crippen molar-refractivity contribution in [2.75, 3.05) is 6.54 Å². The van der Waals surface area contributed by atoms with Crippen LogP contribution in [-0.2, 0) is 6.18 Å². The fourth-order valence-corrected chi connectivity index (χ4v) is 1.92. The average molecular weight is 275 g/mol. The van der Waals surface area contributed by atoms with Gasteiger partial charge in [-0.15, -0.1) is 0 Å². The Morgan fingerprint density at radius 2 is 2.00 bits per heavy atom. The van der Waals surface area contributed by atoms with Gasteiger partial charge in [0.05, 0.1) is 11.7 Å². The molecule has 0 aliphatic rings. The van der Waals surface area contributed by atoms with Crippen LogP contribution >= 0.6 is 0 Å². The molecule has 0 spiro atoms. The number of nitrogens with one attached hydrogen (secondary N) is 1. The first kappa shape index (κ1) is 16.0. The highest BCUT2D eigenvalue weighted by atomic mass is 19.4. The highest BCUT2D eigenvalue weighted by Crippen LogP contribution is 2.31. The molecule has 1 rings (SSSR count). The van der Waals surface area contributed by atoms with Crippen molar-refractivity contribution >= 4 is 0 Å². The molecule has 0 aliphatic heterocycles. The number of halogens is 3. The molecule has 0 saturated carbocycles. The lowest BCUT2D eigenvalue weighted by Crippen LogP contribution is -2.29. The van der Waals surface area contributed by atoms with E-state index in [0.29, 0.717) is 12.1 Å². The first-order valence-electron chi connectivity index (χ1n) is 6.43. The quantitative estimate of drug-likeness (QED) is 0.832. The normalized spacial score (nSPS) is 15.3. The van der Waals surface area contributed by atoms with Crippen molar-refractivity contribution < 1.29 is 18.3 Å². The molecule has 2 unspecified atom stereocenters. The lowest BCUT2D eigenvalue weighted by Gasteiger charge is -2.20. The molecule has 0 saturated heterocycles. The molecule has 108 valence electrons. The second-order valence-corrected chi connectivity index (χ2v) is 4.72. The topological polar surface area (TPSA) is 32.3 Å². The zero-order valence-electron chi connectivity index (χ0n) is 11.2. The van der Waals surface area contributed by atoms with Crippen LogP contribution in [-0.4, -0.2) is 17.8 Å². The fraction of sp³-hybridized carbons (Fsp3) is 0.571. The molecule has 0 fully saturated rings. The maximum atomic E-state index is 12.7. The number of benzene rings is 1. The van der Waals surface area contributed by atoms with Gasteiger partial charge in [-0.05, 0) is 31.0 Å². The minimum atomic E-state index is -4.32. The molecule has 0 aromatic heterocycles. The van der Waals surface area contributed by atoms with Gasteiger partial charge < -0.3 is 10.4 Å². The van der Waals surface area contributed by atoms with E-state index in [2.05, 4.69) is 5.32 Å². The van der Waals surface area contributed by atoms with Gasteiger partial charge in [0.2, 0.25) is 0 Å². The summed E-state index contributed by atoms with van der Waals surface area (Å²) in [6.45, 7) is 3.98. The Hall–Kier alpha value is -1.07. The van der Waals surface area contributed by atoms with E-state index >= 15 is 0 Å². The molecule has 2 N–H and O–H groups in total. The van der Waals surface area contributed by atoms with Crippen molar-refractivity contribution in [3.63, 3.8) is 0 Å². The zero-order valence-corrected chi connectivity index (χ0v) is 11.2. The third-order valence-electron chi connectivity index (χ3n) is 2.85. The van der Waals surface area contributed by atoms with E-state index in [1.807, 2.05) is 6.92 Å². The predicted octanol–water partition coefficient (Wildman–Crippen LogP) is 3.52. The van der Waals surface area contributed by atoms with Crippen LogP contribution < -0.4 is 5.32 Å². The number of aliphatic hydroxyl groups is 1. The van der Waals surface area contributed by atoms with Gasteiger partial charge in [-0.2, -0.15) is 13.2 Å². The first-order chi connectivity index (χ1) is 8.84. The molecule has 0 amide bonds. The highest BCUT2D eigenvalue weighted by molar-refractivity contribution is 5.28. The second kappa shape index (κ2) is 6.91. The Kier molecular flexibility index (Phi) is 5.82. The van der Waals surface area contributed by atoms with Gasteiger partial charge in [-0.1, -0.05) is 25.5 Å². The molecule has 0 radical (unpaired) electrons.